The Morgan fingerprint density at radius 1 is 1.00 bits per heavy atom. The van der Waals surface area contributed by atoms with Crippen LogP contribution in [0, 0.1) is 0 Å². The Hall–Kier alpha value is -1.02. The van der Waals surface area contributed by atoms with E-state index in [0.717, 1.165) is 10.6 Å². The summed E-state index contributed by atoms with van der Waals surface area (Å²) >= 11 is 12.4. The predicted octanol–water partition coefficient (Wildman–Crippen LogP) is 5.06. The lowest BCUT2D eigenvalue weighted by atomic mass is 9.88. The van der Waals surface area contributed by atoms with Gasteiger partial charge in [-0.1, -0.05) is 60.5 Å². The van der Waals surface area contributed by atoms with Crippen LogP contribution in [0.2, 0.25) is 10.0 Å². The van der Waals surface area contributed by atoms with Crippen molar-refractivity contribution in [1.29, 1.82) is 0 Å². The molecule has 1 N–H and O–H groups in total. The molecule has 0 aliphatic carbocycles. The zero-order valence-corrected chi connectivity index (χ0v) is 12.5. The third kappa shape index (κ3) is 3.30. The summed E-state index contributed by atoms with van der Waals surface area (Å²) in [5.74, 6) is 0.308. The van der Waals surface area contributed by atoms with Gasteiger partial charge in [0.15, 0.2) is 0 Å². The van der Waals surface area contributed by atoms with Crippen LogP contribution in [0.5, 0.6) is 0 Å². The minimum absolute atomic E-state index is 0.133. The molecule has 100 valence electrons. The molecular weight excluding hydrogens is 277 g/mol. The molecule has 0 spiro atoms. The number of hydrogen-bond donors (Lipinski definition) is 1. The van der Waals surface area contributed by atoms with E-state index in [0.29, 0.717) is 10.9 Å². The molecule has 0 radical (unpaired) electrons. The Morgan fingerprint density at radius 3 is 2.32 bits per heavy atom. The van der Waals surface area contributed by atoms with E-state index in [1.165, 1.54) is 5.56 Å². The highest BCUT2D eigenvalue weighted by atomic mass is 35.5. The molecule has 0 heterocycles. The maximum Gasteiger partial charge on any atom is 0.0455 e. The Balaban J connectivity index is 2.37. The summed E-state index contributed by atoms with van der Waals surface area (Å²) in [6.45, 7) is 2.19. The quantitative estimate of drug-likeness (QED) is 0.831. The zero-order valence-electron chi connectivity index (χ0n) is 11.0. The van der Waals surface area contributed by atoms with Gasteiger partial charge in [0, 0.05) is 22.0 Å². The number of hydrogen-bond acceptors (Lipinski definition) is 1. The van der Waals surface area contributed by atoms with E-state index in [-0.39, 0.29) is 6.04 Å². The van der Waals surface area contributed by atoms with Crippen LogP contribution in [0.1, 0.15) is 30.0 Å². The fraction of sp³-hybridized carbons (Fsp3) is 0.250. The van der Waals surface area contributed by atoms with Gasteiger partial charge in [-0.25, -0.2) is 0 Å². The summed E-state index contributed by atoms with van der Waals surface area (Å²) in [6, 6.07) is 16.1. The Bertz CT molecular complexity index is 540. The molecular formula is C16H17Cl2N. The van der Waals surface area contributed by atoms with Crippen molar-refractivity contribution in [3.05, 3.63) is 69.7 Å². The molecule has 2 aromatic carbocycles. The van der Waals surface area contributed by atoms with Crippen LogP contribution in [0.4, 0.5) is 0 Å². The van der Waals surface area contributed by atoms with Crippen LogP contribution >= 0.6 is 23.2 Å². The van der Waals surface area contributed by atoms with Gasteiger partial charge < -0.3 is 5.32 Å². The van der Waals surface area contributed by atoms with Crippen LogP contribution in [-0.4, -0.2) is 7.05 Å². The van der Waals surface area contributed by atoms with E-state index in [2.05, 4.69) is 36.5 Å². The largest absolute Gasteiger partial charge is 0.312 e. The third-order valence-corrected chi connectivity index (χ3v) is 4.01. The second kappa shape index (κ2) is 6.42. The third-order valence-electron chi connectivity index (χ3n) is 3.43. The average Bonchev–Trinajstić information content (AvgIpc) is 2.44. The second-order valence-electron chi connectivity index (χ2n) is 4.63. The van der Waals surface area contributed by atoms with E-state index >= 15 is 0 Å². The van der Waals surface area contributed by atoms with Crippen LogP contribution in [-0.2, 0) is 0 Å². The highest BCUT2D eigenvalue weighted by molar-refractivity contribution is 6.33. The number of nitrogens with one attached hydrogen (secondary N) is 1. The number of benzene rings is 2. The van der Waals surface area contributed by atoms with Gasteiger partial charge in [-0.2, -0.15) is 0 Å². The summed E-state index contributed by atoms with van der Waals surface area (Å²) in [7, 11) is 1.95. The number of rotatable bonds is 4. The van der Waals surface area contributed by atoms with Gasteiger partial charge in [0.1, 0.15) is 0 Å². The van der Waals surface area contributed by atoms with Crippen molar-refractivity contribution in [3.8, 4) is 0 Å². The van der Waals surface area contributed by atoms with Crippen molar-refractivity contribution in [3.63, 3.8) is 0 Å². The lowest BCUT2D eigenvalue weighted by Crippen LogP contribution is -2.22. The highest BCUT2D eigenvalue weighted by Gasteiger charge is 2.21. The van der Waals surface area contributed by atoms with Gasteiger partial charge >= 0.3 is 0 Å². The fourth-order valence-corrected chi connectivity index (χ4v) is 2.79. The normalized spacial score (nSPS) is 14.1. The monoisotopic (exact) mass is 293 g/mol. The topological polar surface area (TPSA) is 12.0 Å². The lowest BCUT2D eigenvalue weighted by molar-refractivity contribution is 0.508. The Kier molecular flexibility index (Phi) is 4.87. The molecule has 0 aliphatic heterocycles. The first-order valence-corrected chi connectivity index (χ1v) is 7.06. The maximum atomic E-state index is 6.30. The number of likely N-dealkylation sites (N-methyl/N-ethyl adjacent to an activating group) is 1. The molecule has 19 heavy (non-hydrogen) atoms. The standard InChI is InChI=1S/C16H17Cl2N/c1-11(12-6-4-3-5-7-12)16(19-2)14-10-13(17)8-9-15(14)18/h3-11,16,19H,1-2H3. The van der Waals surface area contributed by atoms with E-state index in [4.69, 9.17) is 23.2 Å². The molecule has 2 unspecified atom stereocenters. The molecule has 0 fully saturated rings. The van der Waals surface area contributed by atoms with Crippen molar-refractivity contribution in [2.75, 3.05) is 7.05 Å². The summed E-state index contributed by atoms with van der Waals surface area (Å²) in [6.07, 6.45) is 0. The van der Waals surface area contributed by atoms with Crippen LogP contribution in [0.3, 0.4) is 0 Å². The van der Waals surface area contributed by atoms with Crippen molar-refractivity contribution >= 4 is 23.2 Å². The zero-order chi connectivity index (χ0) is 13.8. The molecule has 2 atom stereocenters. The SMILES string of the molecule is CNC(c1cc(Cl)ccc1Cl)C(C)c1ccccc1. The van der Waals surface area contributed by atoms with Crippen molar-refractivity contribution in [2.45, 2.75) is 18.9 Å². The Labute approximate surface area is 124 Å². The minimum atomic E-state index is 0.133. The molecule has 1 nitrogen and oxygen atoms in total. The van der Waals surface area contributed by atoms with Crippen molar-refractivity contribution < 1.29 is 0 Å². The summed E-state index contributed by atoms with van der Waals surface area (Å²) in [4.78, 5) is 0. The molecule has 0 saturated heterocycles. The van der Waals surface area contributed by atoms with E-state index in [1.807, 2.05) is 31.3 Å². The summed E-state index contributed by atoms with van der Waals surface area (Å²) < 4.78 is 0. The van der Waals surface area contributed by atoms with Gasteiger partial charge in [-0.15, -0.1) is 0 Å². The summed E-state index contributed by atoms with van der Waals surface area (Å²) in [5.41, 5.74) is 2.31. The molecule has 0 saturated carbocycles. The molecule has 0 aromatic heterocycles. The number of halogens is 2. The molecule has 2 aromatic rings. The lowest BCUT2D eigenvalue weighted by Gasteiger charge is -2.25. The summed E-state index contributed by atoms with van der Waals surface area (Å²) in [5, 5.41) is 4.79. The smallest absolute Gasteiger partial charge is 0.0455 e. The second-order valence-corrected chi connectivity index (χ2v) is 5.48. The van der Waals surface area contributed by atoms with Gasteiger partial charge in [0.05, 0.1) is 0 Å². The maximum absolute atomic E-state index is 6.30. The first kappa shape index (κ1) is 14.4. The van der Waals surface area contributed by atoms with E-state index in [1.54, 1.807) is 0 Å². The fourth-order valence-electron chi connectivity index (χ4n) is 2.38. The van der Waals surface area contributed by atoms with E-state index in [9.17, 15) is 0 Å². The molecule has 0 bridgehead atoms. The van der Waals surface area contributed by atoms with Crippen LogP contribution < -0.4 is 5.32 Å². The van der Waals surface area contributed by atoms with E-state index < -0.39 is 0 Å². The van der Waals surface area contributed by atoms with Gasteiger partial charge in [0.25, 0.3) is 0 Å². The molecule has 0 amide bonds. The van der Waals surface area contributed by atoms with Gasteiger partial charge in [-0.3, -0.25) is 0 Å². The van der Waals surface area contributed by atoms with Crippen LogP contribution in [0.15, 0.2) is 48.5 Å². The minimum Gasteiger partial charge on any atom is -0.312 e. The van der Waals surface area contributed by atoms with Crippen molar-refractivity contribution in [2.24, 2.45) is 0 Å². The first-order valence-electron chi connectivity index (χ1n) is 6.30. The van der Waals surface area contributed by atoms with Gasteiger partial charge in [0.2, 0.25) is 0 Å². The molecule has 3 heteroatoms. The first-order chi connectivity index (χ1) is 9.13. The predicted molar refractivity (Wildman–Crippen MR) is 83.1 cm³/mol. The van der Waals surface area contributed by atoms with Gasteiger partial charge in [-0.05, 0) is 36.4 Å². The molecule has 2 rings (SSSR count). The molecule has 0 aliphatic rings. The average molecular weight is 294 g/mol. The van der Waals surface area contributed by atoms with Crippen LogP contribution in [0.25, 0.3) is 0 Å². The van der Waals surface area contributed by atoms with Crippen molar-refractivity contribution in [1.82, 2.24) is 5.32 Å². The highest BCUT2D eigenvalue weighted by Crippen LogP contribution is 2.35. The Morgan fingerprint density at radius 2 is 1.68 bits per heavy atom.